The first-order valence-electron chi connectivity index (χ1n) is 6.05. The number of halogens is 1. The molecule has 0 fully saturated rings. The Bertz CT molecular complexity index is 605. The van der Waals surface area contributed by atoms with Gasteiger partial charge in [-0.25, -0.2) is 4.98 Å². The van der Waals surface area contributed by atoms with E-state index in [1.807, 2.05) is 18.7 Å². The van der Waals surface area contributed by atoms with Gasteiger partial charge in [0.15, 0.2) is 0 Å². The zero-order valence-electron chi connectivity index (χ0n) is 11.1. The Morgan fingerprint density at radius 2 is 2.25 bits per heavy atom. The molecule has 0 radical (unpaired) electrons. The van der Waals surface area contributed by atoms with Gasteiger partial charge >= 0.3 is 0 Å². The van der Waals surface area contributed by atoms with Crippen molar-refractivity contribution in [3.63, 3.8) is 0 Å². The Hall–Kier alpha value is -2.27. The molecular weight excluding hydrogens is 280 g/mol. The Morgan fingerprint density at radius 3 is 2.85 bits per heavy atom. The number of nitrogens with zero attached hydrogens (tertiary/aromatic N) is 8. The van der Waals surface area contributed by atoms with E-state index < -0.39 is 0 Å². The SMILES string of the molecule is CCN(CC(C)C#N)c1nc(Cl)nc(-n2cncn2)n1. The molecule has 0 saturated carbocycles. The van der Waals surface area contributed by atoms with Crippen LogP contribution in [0, 0.1) is 17.2 Å². The number of aromatic nitrogens is 6. The molecule has 0 amide bonds. The van der Waals surface area contributed by atoms with E-state index in [4.69, 9.17) is 16.9 Å². The molecule has 104 valence electrons. The van der Waals surface area contributed by atoms with E-state index in [0.29, 0.717) is 25.0 Å². The number of hydrogen-bond acceptors (Lipinski definition) is 7. The van der Waals surface area contributed by atoms with Crippen molar-refractivity contribution in [3.8, 4) is 12.0 Å². The molecule has 0 spiro atoms. The Labute approximate surface area is 121 Å². The summed E-state index contributed by atoms with van der Waals surface area (Å²) in [6.45, 7) is 4.97. The fourth-order valence-corrected chi connectivity index (χ4v) is 1.76. The molecule has 0 aliphatic rings. The quantitative estimate of drug-likeness (QED) is 0.813. The zero-order valence-corrected chi connectivity index (χ0v) is 11.9. The number of rotatable bonds is 5. The van der Waals surface area contributed by atoms with Crippen molar-refractivity contribution in [3.05, 3.63) is 17.9 Å². The van der Waals surface area contributed by atoms with E-state index in [1.165, 1.54) is 17.3 Å². The summed E-state index contributed by atoms with van der Waals surface area (Å²) in [4.78, 5) is 18.1. The predicted molar refractivity (Wildman–Crippen MR) is 72.4 cm³/mol. The normalized spacial score (nSPS) is 11.9. The molecule has 0 aliphatic carbocycles. The molecule has 2 aromatic heterocycles. The van der Waals surface area contributed by atoms with Gasteiger partial charge in [0, 0.05) is 13.1 Å². The Kier molecular flexibility index (Phi) is 4.42. The molecule has 2 aromatic rings. The maximum absolute atomic E-state index is 8.91. The smallest absolute Gasteiger partial charge is 0.258 e. The van der Waals surface area contributed by atoms with Crippen molar-refractivity contribution in [2.24, 2.45) is 5.92 Å². The largest absolute Gasteiger partial charge is 0.340 e. The highest BCUT2D eigenvalue weighted by molar-refractivity contribution is 6.28. The van der Waals surface area contributed by atoms with Crippen LogP contribution in [0.1, 0.15) is 13.8 Å². The van der Waals surface area contributed by atoms with Crippen LogP contribution in [0.4, 0.5) is 5.95 Å². The van der Waals surface area contributed by atoms with Crippen LogP contribution in [0.5, 0.6) is 0 Å². The maximum Gasteiger partial charge on any atom is 0.258 e. The van der Waals surface area contributed by atoms with E-state index in [2.05, 4.69) is 31.1 Å². The van der Waals surface area contributed by atoms with E-state index >= 15 is 0 Å². The molecule has 1 atom stereocenters. The third kappa shape index (κ3) is 3.19. The number of hydrogen-bond donors (Lipinski definition) is 0. The monoisotopic (exact) mass is 292 g/mol. The van der Waals surface area contributed by atoms with Gasteiger partial charge in [0.25, 0.3) is 5.95 Å². The maximum atomic E-state index is 8.91. The van der Waals surface area contributed by atoms with E-state index in [1.54, 1.807) is 0 Å². The minimum absolute atomic E-state index is 0.0727. The van der Waals surface area contributed by atoms with Gasteiger partial charge in [-0.05, 0) is 25.4 Å². The molecule has 9 heteroatoms. The topological polar surface area (TPSA) is 96.4 Å². The molecule has 0 saturated heterocycles. The van der Waals surface area contributed by atoms with Gasteiger partial charge in [-0.2, -0.15) is 30.0 Å². The molecule has 20 heavy (non-hydrogen) atoms. The van der Waals surface area contributed by atoms with Crippen molar-refractivity contribution >= 4 is 17.5 Å². The van der Waals surface area contributed by atoms with Gasteiger partial charge in [0.2, 0.25) is 11.2 Å². The fourth-order valence-electron chi connectivity index (χ4n) is 1.61. The van der Waals surface area contributed by atoms with Crippen LogP contribution in [-0.2, 0) is 0 Å². The van der Waals surface area contributed by atoms with Crippen molar-refractivity contribution in [1.82, 2.24) is 29.7 Å². The van der Waals surface area contributed by atoms with E-state index in [-0.39, 0.29) is 11.2 Å². The van der Waals surface area contributed by atoms with Crippen LogP contribution in [0.3, 0.4) is 0 Å². The average molecular weight is 293 g/mol. The first-order chi connectivity index (χ1) is 9.63. The molecule has 0 aromatic carbocycles. The Balaban J connectivity index is 2.34. The second-order valence-electron chi connectivity index (χ2n) is 4.11. The molecule has 2 rings (SSSR count). The van der Waals surface area contributed by atoms with E-state index in [9.17, 15) is 0 Å². The summed E-state index contributed by atoms with van der Waals surface area (Å²) in [6, 6.07) is 2.18. The number of nitriles is 1. The lowest BCUT2D eigenvalue weighted by molar-refractivity contribution is 0.664. The minimum Gasteiger partial charge on any atom is -0.340 e. The van der Waals surface area contributed by atoms with Gasteiger partial charge in [-0.15, -0.1) is 0 Å². The third-order valence-electron chi connectivity index (χ3n) is 2.59. The summed E-state index contributed by atoms with van der Waals surface area (Å²) >= 11 is 5.92. The summed E-state index contributed by atoms with van der Waals surface area (Å²) in [5, 5.41) is 12.9. The van der Waals surface area contributed by atoms with Crippen molar-refractivity contribution in [2.75, 3.05) is 18.0 Å². The zero-order chi connectivity index (χ0) is 14.5. The van der Waals surface area contributed by atoms with Gasteiger partial charge in [0.1, 0.15) is 12.7 Å². The van der Waals surface area contributed by atoms with Gasteiger partial charge in [-0.3, -0.25) is 0 Å². The highest BCUT2D eigenvalue weighted by Gasteiger charge is 2.15. The molecule has 0 bridgehead atoms. The summed E-state index contributed by atoms with van der Waals surface area (Å²) in [5.74, 6) is 0.570. The second-order valence-corrected chi connectivity index (χ2v) is 4.45. The average Bonchev–Trinajstić information content (AvgIpc) is 2.97. The van der Waals surface area contributed by atoms with E-state index in [0.717, 1.165) is 0 Å². The summed E-state index contributed by atoms with van der Waals surface area (Å²) in [6.07, 6.45) is 2.86. The molecular formula is C11H13ClN8. The summed E-state index contributed by atoms with van der Waals surface area (Å²) in [5.41, 5.74) is 0. The predicted octanol–water partition coefficient (Wildman–Crippen LogP) is 1.09. The van der Waals surface area contributed by atoms with Gasteiger partial charge < -0.3 is 4.90 Å². The second kappa shape index (κ2) is 6.25. The van der Waals surface area contributed by atoms with Gasteiger partial charge in [0.05, 0.1) is 12.0 Å². The van der Waals surface area contributed by atoms with Crippen LogP contribution in [-0.4, -0.2) is 42.8 Å². The lowest BCUT2D eigenvalue weighted by Gasteiger charge is -2.21. The lowest BCUT2D eigenvalue weighted by atomic mass is 10.2. The summed E-state index contributed by atoms with van der Waals surface area (Å²) in [7, 11) is 0. The van der Waals surface area contributed by atoms with Crippen LogP contribution >= 0.6 is 11.6 Å². The lowest BCUT2D eigenvalue weighted by Crippen LogP contribution is -2.30. The highest BCUT2D eigenvalue weighted by Crippen LogP contribution is 2.14. The van der Waals surface area contributed by atoms with Crippen LogP contribution in [0.2, 0.25) is 5.28 Å². The van der Waals surface area contributed by atoms with Crippen LogP contribution in [0.15, 0.2) is 12.7 Å². The first-order valence-corrected chi connectivity index (χ1v) is 6.43. The minimum atomic E-state index is -0.139. The van der Waals surface area contributed by atoms with Gasteiger partial charge in [-0.1, -0.05) is 0 Å². The highest BCUT2D eigenvalue weighted by atomic mass is 35.5. The number of anilines is 1. The van der Waals surface area contributed by atoms with Crippen LogP contribution < -0.4 is 4.90 Å². The summed E-state index contributed by atoms with van der Waals surface area (Å²) < 4.78 is 1.40. The van der Waals surface area contributed by atoms with Crippen molar-refractivity contribution in [1.29, 1.82) is 5.26 Å². The third-order valence-corrected chi connectivity index (χ3v) is 2.76. The fraction of sp³-hybridized carbons (Fsp3) is 0.455. The first kappa shape index (κ1) is 14.1. The molecule has 0 N–H and O–H groups in total. The molecule has 0 aliphatic heterocycles. The Morgan fingerprint density at radius 1 is 1.45 bits per heavy atom. The molecule has 1 unspecified atom stereocenters. The van der Waals surface area contributed by atoms with Crippen molar-refractivity contribution in [2.45, 2.75) is 13.8 Å². The molecule has 8 nitrogen and oxygen atoms in total. The standard InChI is InChI=1S/C11H13ClN8/c1-3-19(5-8(2)4-13)10-16-9(12)17-11(18-10)20-7-14-6-15-20/h6-8H,3,5H2,1-2H3. The molecule has 2 heterocycles. The van der Waals surface area contributed by atoms with Crippen LogP contribution in [0.25, 0.3) is 5.95 Å². The van der Waals surface area contributed by atoms with Crippen molar-refractivity contribution < 1.29 is 0 Å².